The second-order valence-corrected chi connectivity index (χ2v) is 3.96. The molecule has 1 aromatic heterocycles. The van der Waals surface area contributed by atoms with Crippen molar-refractivity contribution in [3.05, 3.63) is 46.8 Å². The zero-order valence-electron chi connectivity index (χ0n) is 7.74. The molecule has 1 heterocycles. The molecule has 2 N–H and O–H groups in total. The first kappa shape index (κ1) is 10.1. The quantitative estimate of drug-likeness (QED) is 0.861. The lowest BCUT2D eigenvalue weighted by atomic mass is 10.1. The Morgan fingerprint density at radius 2 is 2.07 bits per heavy atom. The molecule has 0 bridgehead atoms. The van der Waals surface area contributed by atoms with Crippen LogP contribution in [0.15, 0.2) is 41.0 Å². The molecule has 0 fully saturated rings. The second kappa shape index (κ2) is 3.98. The van der Waals surface area contributed by atoms with E-state index in [0.29, 0.717) is 11.4 Å². The Morgan fingerprint density at radius 3 is 2.73 bits per heavy atom. The van der Waals surface area contributed by atoms with E-state index in [-0.39, 0.29) is 5.82 Å². The van der Waals surface area contributed by atoms with Crippen LogP contribution in [0.5, 0.6) is 0 Å². The largest absolute Gasteiger partial charge is 0.397 e. The number of halogens is 2. The van der Waals surface area contributed by atoms with Crippen LogP contribution < -0.4 is 5.73 Å². The Hall–Kier alpha value is -1.42. The van der Waals surface area contributed by atoms with E-state index in [2.05, 4.69) is 20.9 Å². The summed E-state index contributed by atoms with van der Waals surface area (Å²) in [6.45, 7) is 0. The molecule has 2 nitrogen and oxygen atoms in total. The molecule has 0 unspecified atom stereocenters. The summed E-state index contributed by atoms with van der Waals surface area (Å²) >= 11 is 3.30. The summed E-state index contributed by atoms with van der Waals surface area (Å²) in [5.74, 6) is -0.276. The Labute approximate surface area is 95.1 Å². The van der Waals surface area contributed by atoms with Crippen molar-refractivity contribution in [2.75, 3.05) is 5.73 Å². The molecule has 2 aromatic rings. The Kier molecular flexibility index (Phi) is 2.68. The molecule has 76 valence electrons. The van der Waals surface area contributed by atoms with Crippen molar-refractivity contribution < 1.29 is 4.39 Å². The first-order valence-electron chi connectivity index (χ1n) is 4.34. The fourth-order valence-corrected chi connectivity index (χ4v) is 1.57. The summed E-state index contributed by atoms with van der Waals surface area (Å²) < 4.78 is 13.7. The number of rotatable bonds is 1. The van der Waals surface area contributed by atoms with Crippen LogP contribution in [-0.4, -0.2) is 4.98 Å². The SMILES string of the molecule is Nc1cnc(-c2cccc(F)c2)cc1Br. The molecule has 0 saturated heterocycles. The molecule has 1 aromatic carbocycles. The van der Waals surface area contributed by atoms with E-state index in [4.69, 9.17) is 5.73 Å². The first-order chi connectivity index (χ1) is 7.16. The van der Waals surface area contributed by atoms with Crippen molar-refractivity contribution in [2.45, 2.75) is 0 Å². The fourth-order valence-electron chi connectivity index (χ4n) is 1.25. The summed E-state index contributed by atoms with van der Waals surface area (Å²) in [5, 5.41) is 0. The minimum absolute atomic E-state index is 0.276. The molecule has 0 aliphatic rings. The minimum atomic E-state index is -0.276. The van der Waals surface area contributed by atoms with Crippen LogP contribution in [0, 0.1) is 5.82 Å². The third kappa shape index (κ3) is 2.15. The van der Waals surface area contributed by atoms with Crippen LogP contribution in [0.1, 0.15) is 0 Å². The molecule has 4 heteroatoms. The summed E-state index contributed by atoms with van der Waals surface area (Å²) in [6.07, 6.45) is 1.55. The molecule has 0 spiro atoms. The maximum atomic E-state index is 13.0. The highest BCUT2D eigenvalue weighted by Gasteiger charge is 2.03. The summed E-state index contributed by atoms with van der Waals surface area (Å²) in [5.41, 5.74) is 7.60. The second-order valence-electron chi connectivity index (χ2n) is 3.10. The lowest BCUT2D eigenvalue weighted by molar-refractivity contribution is 0.628. The zero-order chi connectivity index (χ0) is 10.8. The van der Waals surface area contributed by atoms with Crippen LogP contribution in [-0.2, 0) is 0 Å². The highest BCUT2D eigenvalue weighted by atomic mass is 79.9. The molecule has 0 saturated carbocycles. The lowest BCUT2D eigenvalue weighted by Gasteiger charge is -2.03. The molecule has 2 rings (SSSR count). The third-order valence-corrected chi connectivity index (χ3v) is 2.69. The average Bonchev–Trinajstić information content (AvgIpc) is 2.22. The van der Waals surface area contributed by atoms with Gasteiger partial charge in [0.05, 0.1) is 17.6 Å². The molecule has 0 aliphatic heterocycles. The van der Waals surface area contributed by atoms with Crippen molar-refractivity contribution in [3.63, 3.8) is 0 Å². The van der Waals surface area contributed by atoms with E-state index >= 15 is 0 Å². The van der Waals surface area contributed by atoms with E-state index in [1.54, 1.807) is 24.4 Å². The number of benzene rings is 1. The molecular formula is C11H8BrFN2. The van der Waals surface area contributed by atoms with Gasteiger partial charge in [-0.3, -0.25) is 4.98 Å². The maximum absolute atomic E-state index is 13.0. The number of nitrogens with two attached hydrogens (primary N) is 1. The number of nitrogen functional groups attached to an aromatic ring is 1. The van der Waals surface area contributed by atoms with Gasteiger partial charge in [-0.1, -0.05) is 12.1 Å². The van der Waals surface area contributed by atoms with Gasteiger partial charge >= 0.3 is 0 Å². The molecule has 0 atom stereocenters. The number of hydrogen-bond acceptors (Lipinski definition) is 2. The predicted octanol–water partition coefficient (Wildman–Crippen LogP) is 3.23. The van der Waals surface area contributed by atoms with Gasteiger partial charge in [0.2, 0.25) is 0 Å². The zero-order valence-corrected chi connectivity index (χ0v) is 9.33. The van der Waals surface area contributed by atoms with Crippen LogP contribution in [0.3, 0.4) is 0 Å². The van der Waals surface area contributed by atoms with E-state index in [1.165, 1.54) is 12.1 Å². The Morgan fingerprint density at radius 1 is 1.27 bits per heavy atom. The number of pyridine rings is 1. The van der Waals surface area contributed by atoms with Gasteiger partial charge < -0.3 is 5.73 Å². The fraction of sp³-hybridized carbons (Fsp3) is 0. The number of hydrogen-bond donors (Lipinski definition) is 1. The van der Waals surface area contributed by atoms with Crippen molar-refractivity contribution in [1.82, 2.24) is 4.98 Å². The summed E-state index contributed by atoms with van der Waals surface area (Å²) in [6, 6.07) is 8.05. The van der Waals surface area contributed by atoms with Crippen LogP contribution in [0.4, 0.5) is 10.1 Å². The van der Waals surface area contributed by atoms with Gasteiger partial charge in [-0.25, -0.2) is 4.39 Å². The van der Waals surface area contributed by atoms with Crippen molar-refractivity contribution in [3.8, 4) is 11.3 Å². The van der Waals surface area contributed by atoms with Gasteiger partial charge in [0.25, 0.3) is 0 Å². The Balaban J connectivity index is 2.50. The number of nitrogens with zero attached hydrogens (tertiary/aromatic N) is 1. The minimum Gasteiger partial charge on any atom is -0.397 e. The summed E-state index contributed by atoms with van der Waals surface area (Å²) in [7, 11) is 0. The summed E-state index contributed by atoms with van der Waals surface area (Å²) in [4.78, 5) is 4.13. The monoisotopic (exact) mass is 266 g/mol. The standard InChI is InChI=1S/C11H8BrFN2/c12-9-5-11(15-6-10(9)14)7-2-1-3-8(13)4-7/h1-6H,14H2. The predicted molar refractivity (Wildman–Crippen MR) is 61.7 cm³/mol. The molecule has 0 radical (unpaired) electrons. The van der Waals surface area contributed by atoms with Crippen molar-refractivity contribution in [1.29, 1.82) is 0 Å². The molecule has 15 heavy (non-hydrogen) atoms. The molecular weight excluding hydrogens is 259 g/mol. The Bertz CT molecular complexity index is 500. The molecule has 0 aliphatic carbocycles. The molecule has 0 amide bonds. The smallest absolute Gasteiger partial charge is 0.123 e. The topological polar surface area (TPSA) is 38.9 Å². The van der Waals surface area contributed by atoms with Crippen LogP contribution in [0.25, 0.3) is 11.3 Å². The highest BCUT2D eigenvalue weighted by molar-refractivity contribution is 9.10. The van der Waals surface area contributed by atoms with E-state index in [1.807, 2.05) is 0 Å². The first-order valence-corrected chi connectivity index (χ1v) is 5.13. The van der Waals surface area contributed by atoms with E-state index < -0.39 is 0 Å². The number of anilines is 1. The third-order valence-electron chi connectivity index (χ3n) is 2.00. The number of aromatic nitrogens is 1. The van der Waals surface area contributed by atoms with E-state index in [9.17, 15) is 4.39 Å². The van der Waals surface area contributed by atoms with Crippen molar-refractivity contribution in [2.24, 2.45) is 0 Å². The lowest BCUT2D eigenvalue weighted by Crippen LogP contribution is -1.90. The van der Waals surface area contributed by atoms with Crippen LogP contribution in [0.2, 0.25) is 0 Å². The van der Waals surface area contributed by atoms with Gasteiger partial charge in [-0.2, -0.15) is 0 Å². The van der Waals surface area contributed by atoms with Gasteiger partial charge in [0.1, 0.15) is 5.82 Å². The van der Waals surface area contributed by atoms with Crippen molar-refractivity contribution >= 4 is 21.6 Å². The maximum Gasteiger partial charge on any atom is 0.123 e. The van der Waals surface area contributed by atoms with Gasteiger partial charge in [-0.05, 0) is 34.1 Å². The van der Waals surface area contributed by atoms with Gasteiger partial charge in [-0.15, -0.1) is 0 Å². The highest BCUT2D eigenvalue weighted by Crippen LogP contribution is 2.25. The van der Waals surface area contributed by atoms with Gasteiger partial charge in [0, 0.05) is 10.0 Å². The van der Waals surface area contributed by atoms with Gasteiger partial charge in [0.15, 0.2) is 0 Å². The van der Waals surface area contributed by atoms with Crippen LogP contribution >= 0.6 is 15.9 Å². The van der Waals surface area contributed by atoms with E-state index in [0.717, 1.165) is 10.0 Å². The normalized spacial score (nSPS) is 10.3. The average molecular weight is 267 g/mol.